The van der Waals surface area contributed by atoms with Crippen LogP contribution in [0.1, 0.15) is 20.3 Å². The number of aromatic nitrogens is 1. The van der Waals surface area contributed by atoms with Crippen molar-refractivity contribution in [2.75, 3.05) is 12.4 Å². The smallest absolute Gasteiger partial charge is 0.408 e. The molecule has 0 radical (unpaired) electrons. The van der Waals surface area contributed by atoms with Crippen LogP contribution in [-0.2, 0) is 6.54 Å². The van der Waals surface area contributed by atoms with Crippen LogP contribution in [0.5, 0.6) is 0 Å². The zero-order chi connectivity index (χ0) is 12.4. The highest BCUT2D eigenvalue weighted by molar-refractivity contribution is 5.86. The maximum Gasteiger partial charge on any atom is 0.420 e. The molecule has 0 aliphatic heterocycles. The molecular formula is C13H18N2O2. The van der Waals surface area contributed by atoms with E-state index in [1.807, 2.05) is 25.2 Å². The van der Waals surface area contributed by atoms with Gasteiger partial charge in [0.15, 0.2) is 5.58 Å². The van der Waals surface area contributed by atoms with Gasteiger partial charge in [-0.2, -0.15) is 0 Å². The second-order valence-electron chi connectivity index (χ2n) is 4.60. The van der Waals surface area contributed by atoms with Crippen LogP contribution in [0.4, 0.5) is 5.69 Å². The van der Waals surface area contributed by atoms with Crippen molar-refractivity contribution in [3.05, 3.63) is 28.7 Å². The zero-order valence-corrected chi connectivity index (χ0v) is 10.5. The summed E-state index contributed by atoms with van der Waals surface area (Å²) in [7, 11) is 1.85. The number of nitrogens with zero attached hydrogens (tertiary/aromatic N) is 1. The first-order valence-corrected chi connectivity index (χ1v) is 5.93. The minimum atomic E-state index is -0.275. The molecule has 17 heavy (non-hydrogen) atoms. The van der Waals surface area contributed by atoms with Crippen molar-refractivity contribution in [3.63, 3.8) is 0 Å². The molecule has 0 unspecified atom stereocenters. The summed E-state index contributed by atoms with van der Waals surface area (Å²) in [5, 5.41) is 3.09. The van der Waals surface area contributed by atoms with Gasteiger partial charge >= 0.3 is 5.76 Å². The number of benzene rings is 1. The van der Waals surface area contributed by atoms with Gasteiger partial charge in [-0.25, -0.2) is 4.79 Å². The van der Waals surface area contributed by atoms with Gasteiger partial charge in [0.1, 0.15) is 5.52 Å². The van der Waals surface area contributed by atoms with E-state index in [0.29, 0.717) is 18.0 Å². The first-order valence-electron chi connectivity index (χ1n) is 5.93. The second kappa shape index (κ2) is 4.65. The van der Waals surface area contributed by atoms with E-state index in [2.05, 4.69) is 19.2 Å². The third-order valence-corrected chi connectivity index (χ3v) is 2.89. The van der Waals surface area contributed by atoms with Gasteiger partial charge in [0.05, 0.1) is 5.69 Å². The maximum absolute atomic E-state index is 11.8. The number of para-hydroxylation sites is 1. The van der Waals surface area contributed by atoms with Gasteiger partial charge in [0.25, 0.3) is 0 Å². The molecule has 0 saturated carbocycles. The highest BCUT2D eigenvalue weighted by Crippen LogP contribution is 2.22. The average molecular weight is 234 g/mol. The van der Waals surface area contributed by atoms with Crippen molar-refractivity contribution in [3.8, 4) is 0 Å². The van der Waals surface area contributed by atoms with Crippen molar-refractivity contribution < 1.29 is 4.42 Å². The Kier molecular flexibility index (Phi) is 3.22. The van der Waals surface area contributed by atoms with Gasteiger partial charge in [-0.1, -0.05) is 19.9 Å². The lowest BCUT2D eigenvalue weighted by molar-refractivity contribution is 0.465. The molecule has 0 atom stereocenters. The SMILES string of the molecule is CNc1cccc2oc(=O)n(CCC(C)C)c12. The van der Waals surface area contributed by atoms with E-state index < -0.39 is 0 Å². The lowest BCUT2D eigenvalue weighted by Gasteiger charge is -2.07. The monoisotopic (exact) mass is 234 g/mol. The fourth-order valence-electron chi connectivity index (χ4n) is 1.92. The number of hydrogen-bond donors (Lipinski definition) is 1. The summed E-state index contributed by atoms with van der Waals surface area (Å²) in [5.41, 5.74) is 2.43. The predicted molar refractivity (Wildman–Crippen MR) is 69.5 cm³/mol. The van der Waals surface area contributed by atoms with Crippen molar-refractivity contribution in [2.24, 2.45) is 5.92 Å². The fourth-order valence-corrected chi connectivity index (χ4v) is 1.92. The van der Waals surface area contributed by atoms with E-state index >= 15 is 0 Å². The number of anilines is 1. The molecule has 4 nitrogen and oxygen atoms in total. The highest BCUT2D eigenvalue weighted by Gasteiger charge is 2.12. The molecule has 0 bridgehead atoms. The van der Waals surface area contributed by atoms with Crippen molar-refractivity contribution in [1.82, 2.24) is 4.57 Å². The molecule has 2 aromatic rings. The van der Waals surface area contributed by atoms with Crippen LogP contribution < -0.4 is 11.1 Å². The van der Waals surface area contributed by atoms with Crippen LogP contribution in [0, 0.1) is 5.92 Å². The van der Waals surface area contributed by atoms with E-state index in [0.717, 1.165) is 17.6 Å². The van der Waals surface area contributed by atoms with E-state index in [1.54, 1.807) is 4.57 Å². The molecule has 92 valence electrons. The van der Waals surface area contributed by atoms with Crippen LogP contribution in [-0.4, -0.2) is 11.6 Å². The van der Waals surface area contributed by atoms with Crippen LogP contribution in [0.3, 0.4) is 0 Å². The summed E-state index contributed by atoms with van der Waals surface area (Å²) in [4.78, 5) is 11.8. The third kappa shape index (κ3) is 2.20. The standard InChI is InChI=1S/C13H18N2O2/c1-9(2)7-8-15-12-10(14-3)5-4-6-11(12)17-13(15)16/h4-6,9,14H,7-8H2,1-3H3. The predicted octanol–water partition coefficient (Wildman–Crippen LogP) is 2.68. The molecule has 0 spiro atoms. The Labute approximate surface area is 100 Å². The molecule has 0 aliphatic rings. The molecule has 4 heteroatoms. The topological polar surface area (TPSA) is 47.2 Å². The first kappa shape index (κ1) is 11.8. The minimum Gasteiger partial charge on any atom is -0.408 e. The molecule has 1 N–H and O–H groups in total. The Morgan fingerprint density at radius 1 is 1.41 bits per heavy atom. The molecule has 0 fully saturated rings. The first-order chi connectivity index (χ1) is 8.13. The van der Waals surface area contributed by atoms with Gasteiger partial charge < -0.3 is 9.73 Å². The van der Waals surface area contributed by atoms with E-state index in [9.17, 15) is 4.79 Å². The molecular weight excluding hydrogens is 216 g/mol. The maximum atomic E-state index is 11.8. The average Bonchev–Trinajstić information content (AvgIpc) is 2.61. The summed E-state index contributed by atoms with van der Waals surface area (Å²) in [5.74, 6) is 0.289. The minimum absolute atomic E-state index is 0.275. The number of oxazole rings is 1. The van der Waals surface area contributed by atoms with Crippen LogP contribution in [0.2, 0.25) is 0 Å². The molecule has 1 heterocycles. The molecule has 0 aliphatic carbocycles. The summed E-state index contributed by atoms with van der Waals surface area (Å²) in [6, 6.07) is 5.65. The lowest BCUT2D eigenvalue weighted by atomic mass is 10.1. The molecule has 1 aromatic carbocycles. The second-order valence-corrected chi connectivity index (χ2v) is 4.60. The third-order valence-electron chi connectivity index (χ3n) is 2.89. The number of rotatable bonds is 4. The van der Waals surface area contributed by atoms with Gasteiger partial charge in [0.2, 0.25) is 0 Å². The van der Waals surface area contributed by atoms with Crippen LogP contribution in [0.15, 0.2) is 27.4 Å². The van der Waals surface area contributed by atoms with E-state index in [1.165, 1.54) is 0 Å². The summed E-state index contributed by atoms with van der Waals surface area (Å²) >= 11 is 0. The van der Waals surface area contributed by atoms with Gasteiger partial charge in [-0.3, -0.25) is 4.57 Å². The highest BCUT2D eigenvalue weighted by atomic mass is 16.4. The van der Waals surface area contributed by atoms with Crippen molar-refractivity contribution in [1.29, 1.82) is 0 Å². The quantitative estimate of drug-likeness (QED) is 0.884. The molecule has 0 amide bonds. The van der Waals surface area contributed by atoms with Crippen LogP contribution in [0.25, 0.3) is 11.1 Å². The Morgan fingerprint density at radius 3 is 2.82 bits per heavy atom. The Balaban J connectivity index is 2.53. The number of hydrogen-bond acceptors (Lipinski definition) is 3. The fraction of sp³-hybridized carbons (Fsp3) is 0.462. The van der Waals surface area contributed by atoms with Crippen LogP contribution >= 0.6 is 0 Å². The number of nitrogens with one attached hydrogen (secondary N) is 1. The lowest BCUT2D eigenvalue weighted by Crippen LogP contribution is -2.15. The molecule has 0 saturated heterocycles. The Hall–Kier alpha value is -1.71. The summed E-state index contributed by atoms with van der Waals surface area (Å²) < 4.78 is 6.95. The number of fused-ring (bicyclic) bond motifs is 1. The largest absolute Gasteiger partial charge is 0.420 e. The molecule has 1 aromatic heterocycles. The van der Waals surface area contributed by atoms with Crippen molar-refractivity contribution in [2.45, 2.75) is 26.8 Å². The van der Waals surface area contributed by atoms with E-state index in [-0.39, 0.29) is 5.76 Å². The normalized spacial score (nSPS) is 11.3. The van der Waals surface area contributed by atoms with Gasteiger partial charge in [-0.05, 0) is 24.5 Å². The van der Waals surface area contributed by atoms with Crippen molar-refractivity contribution >= 4 is 16.8 Å². The Morgan fingerprint density at radius 2 is 2.18 bits per heavy atom. The zero-order valence-electron chi connectivity index (χ0n) is 10.5. The summed E-state index contributed by atoms with van der Waals surface area (Å²) in [6.07, 6.45) is 0.965. The summed E-state index contributed by atoms with van der Waals surface area (Å²) in [6.45, 7) is 4.99. The van der Waals surface area contributed by atoms with Gasteiger partial charge in [0, 0.05) is 13.6 Å². The molecule has 2 rings (SSSR count). The Bertz CT molecular complexity index is 566. The van der Waals surface area contributed by atoms with Gasteiger partial charge in [-0.15, -0.1) is 0 Å². The van der Waals surface area contributed by atoms with E-state index in [4.69, 9.17) is 4.42 Å². The number of aryl methyl sites for hydroxylation is 1.